The van der Waals surface area contributed by atoms with Crippen molar-refractivity contribution in [1.29, 1.82) is 0 Å². The van der Waals surface area contributed by atoms with Gasteiger partial charge in [0.1, 0.15) is 11.4 Å². The van der Waals surface area contributed by atoms with Crippen molar-refractivity contribution in [2.45, 2.75) is 33.3 Å². The number of rotatable bonds is 3. The quantitative estimate of drug-likeness (QED) is 0.867. The minimum atomic E-state index is -0.468. The van der Waals surface area contributed by atoms with E-state index in [1.165, 1.54) is 0 Å². The Kier molecular flexibility index (Phi) is 5.23. The molecule has 0 unspecified atom stereocenters. The van der Waals surface area contributed by atoms with E-state index < -0.39 is 5.60 Å². The third-order valence-electron chi connectivity index (χ3n) is 3.58. The zero-order valence-electron chi connectivity index (χ0n) is 14.5. The molecule has 1 aliphatic rings. The molecule has 0 spiro atoms. The molecular formula is C17H27N3O3. The van der Waals surface area contributed by atoms with E-state index >= 15 is 0 Å². The van der Waals surface area contributed by atoms with Crippen LogP contribution >= 0.6 is 0 Å². The van der Waals surface area contributed by atoms with E-state index in [2.05, 4.69) is 4.90 Å². The predicted molar refractivity (Wildman–Crippen MR) is 92.0 cm³/mol. The number of nitrogens with zero attached hydrogens (tertiary/aromatic N) is 2. The van der Waals surface area contributed by atoms with Crippen LogP contribution in [0.4, 0.5) is 16.2 Å². The zero-order chi connectivity index (χ0) is 17.0. The number of carbonyl (C=O) groups excluding carboxylic acids is 1. The third-order valence-corrected chi connectivity index (χ3v) is 3.58. The van der Waals surface area contributed by atoms with Gasteiger partial charge in [0.2, 0.25) is 0 Å². The molecule has 23 heavy (non-hydrogen) atoms. The molecule has 0 aliphatic carbocycles. The predicted octanol–water partition coefficient (Wildman–Crippen LogP) is 2.72. The first kappa shape index (κ1) is 17.2. The molecule has 1 aromatic carbocycles. The lowest BCUT2D eigenvalue weighted by Gasteiger charge is -2.37. The molecule has 0 radical (unpaired) electrons. The van der Waals surface area contributed by atoms with Crippen molar-refractivity contribution in [1.82, 2.24) is 4.90 Å². The fourth-order valence-electron chi connectivity index (χ4n) is 2.51. The summed E-state index contributed by atoms with van der Waals surface area (Å²) in [6.45, 7) is 10.9. The largest absolute Gasteiger partial charge is 0.494 e. The van der Waals surface area contributed by atoms with Gasteiger partial charge in [0, 0.05) is 32.2 Å². The second-order valence-corrected chi connectivity index (χ2v) is 6.61. The summed E-state index contributed by atoms with van der Waals surface area (Å²) in [6, 6.07) is 5.70. The fraction of sp³-hybridized carbons (Fsp3) is 0.588. The van der Waals surface area contributed by atoms with E-state index in [4.69, 9.17) is 15.2 Å². The molecule has 0 atom stereocenters. The highest BCUT2D eigenvalue weighted by atomic mass is 16.6. The Hall–Kier alpha value is -2.11. The average molecular weight is 321 g/mol. The standard InChI is InChI=1S/C17H27N3O3/c1-5-22-13-6-7-14(18)15(12-13)19-8-10-20(11-9-19)16(21)23-17(2,3)4/h6-7,12H,5,8-11,18H2,1-4H3. The Morgan fingerprint density at radius 2 is 1.87 bits per heavy atom. The van der Waals surface area contributed by atoms with Crippen molar-refractivity contribution in [3.8, 4) is 5.75 Å². The Balaban J connectivity index is 1.99. The van der Waals surface area contributed by atoms with Crippen molar-refractivity contribution >= 4 is 17.5 Å². The van der Waals surface area contributed by atoms with Crippen LogP contribution in [0.2, 0.25) is 0 Å². The lowest BCUT2D eigenvalue weighted by Crippen LogP contribution is -2.50. The second kappa shape index (κ2) is 6.98. The van der Waals surface area contributed by atoms with Gasteiger partial charge in [-0.2, -0.15) is 0 Å². The number of nitrogen functional groups attached to an aromatic ring is 1. The van der Waals surface area contributed by atoms with Crippen LogP contribution in [0.5, 0.6) is 5.75 Å². The maximum absolute atomic E-state index is 12.1. The van der Waals surface area contributed by atoms with Gasteiger partial charge in [-0.1, -0.05) is 0 Å². The summed E-state index contributed by atoms with van der Waals surface area (Å²) < 4.78 is 11.0. The van der Waals surface area contributed by atoms with E-state index in [0.29, 0.717) is 19.7 Å². The minimum Gasteiger partial charge on any atom is -0.494 e. The Morgan fingerprint density at radius 1 is 1.22 bits per heavy atom. The lowest BCUT2D eigenvalue weighted by molar-refractivity contribution is 0.0240. The molecule has 1 amide bonds. The summed E-state index contributed by atoms with van der Waals surface area (Å²) in [5, 5.41) is 0. The molecule has 1 heterocycles. The summed E-state index contributed by atoms with van der Waals surface area (Å²) in [5.41, 5.74) is 7.30. The first-order valence-electron chi connectivity index (χ1n) is 8.05. The Morgan fingerprint density at radius 3 is 2.43 bits per heavy atom. The molecule has 1 aliphatic heterocycles. The molecule has 128 valence electrons. The van der Waals surface area contributed by atoms with Crippen molar-refractivity contribution < 1.29 is 14.3 Å². The van der Waals surface area contributed by atoms with Gasteiger partial charge >= 0.3 is 6.09 Å². The molecular weight excluding hydrogens is 294 g/mol. The second-order valence-electron chi connectivity index (χ2n) is 6.61. The number of amides is 1. The number of ether oxygens (including phenoxy) is 2. The SMILES string of the molecule is CCOc1ccc(N)c(N2CCN(C(=O)OC(C)(C)C)CC2)c1. The Labute approximate surface area is 138 Å². The lowest BCUT2D eigenvalue weighted by atomic mass is 10.2. The summed E-state index contributed by atoms with van der Waals surface area (Å²) in [4.78, 5) is 16.0. The van der Waals surface area contributed by atoms with Crippen LogP contribution in [0.25, 0.3) is 0 Å². The van der Waals surface area contributed by atoms with Crippen LogP contribution in [0.15, 0.2) is 18.2 Å². The number of nitrogens with two attached hydrogens (primary N) is 1. The van der Waals surface area contributed by atoms with Gasteiger partial charge < -0.3 is 25.0 Å². The molecule has 0 bridgehead atoms. The van der Waals surface area contributed by atoms with Gasteiger partial charge in [-0.3, -0.25) is 0 Å². The number of piperazine rings is 1. The zero-order valence-corrected chi connectivity index (χ0v) is 14.5. The van der Waals surface area contributed by atoms with E-state index in [1.54, 1.807) is 4.90 Å². The van der Waals surface area contributed by atoms with Crippen molar-refractivity contribution in [3.63, 3.8) is 0 Å². The highest BCUT2D eigenvalue weighted by Crippen LogP contribution is 2.29. The molecule has 6 nitrogen and oxygen atoms in total. The highest BCUT2D eigenvalue weighted by Gasteiger charge is 2.26. The van der Waals surface area contributed by atoms with Crippen LogP contribution in [-0.2, 0) is 4.74 Å². The summed E-state index contributed by atoms with van der Waals surface area (Å²) >= 11 is 0. The van der Waals surface area contributed by atoms with Gasteiger partial charge in [0.25, 0.3) is 0 Å². The van der Waals surface area contributed by atoms with Crippen molar-refractivity contribution in [2.75, 3.05) is 43.4 Å². The minimum absolute atomic E-state index is 0.256. The first-order chi connectivity index (χ1) is 10.8. The summed E-state index contributed by atoms with van der Waals surface area (Å²) in [5.74, 6) is 0.811. The maximum atomic E-state index is 12.1. The number of hydrogen-bond acceptors (Lipinski definition) is 5. The normalized spacial score (nSPS) is 15.5. The van der Waals surface area contributed by atoms with Crippen LogP contribution in [0, 0.1) is 0 Å². The molecule has 0 saturated carbocycles. The smallest absolute Gasteiger partial charge is 0.410 e. The molecule has 2 N–H and O–H groups in total. The van der Waals surface area contributed by atoms with Crippen molar-refractivity contribution in [3.05, 3.63) is 18.2 Å². The molecule has 2 rings (SSSR count). The maximum Gasteiger partial charge on any atom is 0.410 e. The van der Waals surface area contributed by atoms with Gasteiger partial charge in [0.05, 0.1) is 18.0 Å². The van der Waals surface area contributed by atoms with E-state index in [0.717, 1.165) is 30.2 Å². The van der Waals surface area contributed by atoms with Gasteiger partial charge in [-0.15, -0.1) is 0 Å². The molecule has 0 aromatic heterocycles. The van der Waals surface area contributed by atoms with Crippen LogP contribution in [0.3, 0.4) is 0 Å². The first-order valence-corrected chi connectivity index (χ1v) is 8.05. The molecule has 6 heteroatoms. The average Bonchev–Trinajstić information content (AvgIpc) is 2.48. The third kappa shape index (κ3) is 4.68. The van der Waals surface area contributed by atoms with Gasteiger partial charge in [-0.25, -0.2) is 4.79 Å². The Bertz CT molecular complexity index is 547. The summed E-state index contributed by atoms with van der Waals surface area (Å²) in [6.07, 6.45) is -0.256. The fourth-order valence-corrected chi connectivity index (χ4v) is 2.51. The van der Waals surface area contributed by atoms with Gasteiger partial charge in [-0.05, 0) is 39.8 Å². The molecule has 1 saturated heterocycles. The van der Waals surface area contributed by atoms with E-state index in [-0.39, 0.29) is 6.09 Å². The monoisotopic (exact) mass is 321 g/mol. The van der Waals surface area contributed by atoms with Crippen LogP contribution in [0.1, 0.15) is 27.7 Å². The summed E-state index contributed by atoms with van der Waals surface area (Å²) in [7, 11) is 0. The van der Waals surface area contributed by atoms with Crippen molar-refractivity contribution in [2.24, 2.45) is 0 Å². The van der Waals surface area contributed by atoms with E-state index in [9.17, 15) is 4.79 Å². The van der Waals surface area contributed by atoms with Gasteiger partial charge in [0.15, 0.2) is 0 Å². The highest BCUT2D eigenvalue weighted by molar-refractivity contribution is 5.71. The number of hydrogen-bond donors (Lipinski definition) is 1. The number of anilines is 2. The molecule has 1 fully saturated rings. The number of carbonyl (C=O) groups is 1. The molecule has 1 aromatic rings. The number of benzene rings is 1. The van der Waals surface area contributed by atoms with Crippen LogP contribution < -0.4 is 15.4 Å². The van der Waals surface area contributed by atoms with Crippen LogP contribution in [-0.4, -0.2) is 49.4 Å². The van der Waals surface area contributed by atoms with E-state index in [1.807, 2.05) is 45.9 Å². The topological polar surface area (TPSA) is 68.0 Å².